The normalized spacial score (nSPS) is 21.5. The van der Waals surface area contributed by atoms with Crippen LogP contribution < -0.4 is 5.32 Å². The van der Waals surface area contributed by atoms with Gasteiger partial charge in [-0.1, -0.05) is 18.2 Å². The second-order valence-electron chi connectivity index (χ2n) is 6.95. The van der Waals surface area contributed by atoms with Gasteiger partial charge in [0.1, 0.15) is 0 Å². The first-order valence-corrected chi connectivity index (χ1v) is 10.7. The molecular weight excluding hydrogens is 352 g/mol. The van der Waals surface area contributed by atoms with E-state index in [1.165, 1.54) is 11.8 Å². The number of amides is 2. The molecule has 1 atom stereocenters. The number of carbonyl (C=O) groups is 2. The molecule has 1 aromatic rings. The molecule has 1 saturated heterocycles. The predicted octanol–water partition coefficient (Wildman–Crippen LogP) is 1.88. The SMILES string of the molecule is O=C(C[C@H]1C=CS(=O)(=O)C1)NCc1ccc(C(=O)N2CCCCC2)cc1. The van der Waals surface area contributed by atoms with Crippen LogP contribution in [0.4, 0.5) is 0 Å². The predicted molar refractivity (Wildman–Crippen MR) is 99.1 cm³/mol. The molecule has 2 amide bonds. The van der Waals surface area contributed by atoms with Gasteiger partial charge in [-0.3, -0.25) is 9.59 Å². The highest BCUT2D eigenvalue weighted by Crippen LogP contribution is 2.18. The number of piperidine rings is 1. The molecule has 2 heterocycles. The van der Waals surface area contributed by atoms with Crippen molar-refractivity contribution in [3.8, 4) is 0 Å². The molecule has 3 rings (SSSR count). The van der Waals surface area contributed by atoms with Crippen LogP contribution in [0.2, 0.25) is 0 Å². The zero-order valence-corrected chi connectivity index (χ0v) is 15.5. The Morgan fingerprint density at radius 3 is 2.38 bits per heavy atom. The van der Waals surface area contributed by atoms with Gasteiger partial charge in [0.05, 0.1) is 5.75 Å². The van der Waals surface area contributed by atoms with E-state index in [9.17, 15) is 18.0 Å². The quantitative estimate of drug-likeness (QED) is 0.850. The van der Waals surface area contributed by atoms with Crippen LogP contribution in [0.3, 0.4) is 0 Å². The number of carbonyl (C=O) groups excluding carboxylic acids is 2. The van der Waals surface area contributed by atoms with Gasteiger partial charge in [-0.05, 0) is 37.0 Å². The molecule has 6 nitrogen and oxygen atoms in total. The van der Waals surface area contributed by atoms with Gasteiger partial charge in [0.2, 0.25) is 5.91 Å². The number of hydrogen-bond acceptors (Lipinski definition) is 4. The van der Waals surface area contributed by atoms with Crippen LogP contribution in [0.25, 0.3) is 0 Å². The first-order chi connectivity index (χ1) is 12.4. The minimum Gasteiger partial charge on any atom is -0.352 e. The largest absolute Gasteiger partial charge is 0.352 e. The molecule has 7 heteroatoms. The number of likely N-dealkylation sites (tertiary alicyclic amines) is 1. The average molecular weight is 376 g/mol. The van der Waals surface area contributed by atoms with Gasteiger partial charge in [0.15, 0.2) is 9.84 Å². The Hall–Kier alpha value is -2.15. The van der Waals surface area contributed by atoms with Crippen LogP contribution in [-0.4, -0.2) is 44.0 Å². The van der Waals surface area contributed by atoms with Crippen molar-refractivity contribution in [2.75, 3.05) is 18.8 Å². The van der Waals surface area contributed by atoms with Crippen LogP contribution in [0, 0.1) is 5.92 Å². The van der Waals surface area contributed by atoms with Crippen molar-refractivity contribution in [2.45, 2.75) is 32.2 Å². The van der Waals surface area contributed by atoms with Crippen LogP contribution >= 0.6 is 0 Å². The number of sulfone groups is 1. The summed E-state index contributed by atoms with van der Waals surface area (Å²) in [5.41, 5.74) is 1.58. The molecule has 2 aliphatic heterocycles. The molecule has 0 unspecified atom stereocenters. The minimum absolute atomic E-state index is 0.00767. The van der Waals surface area contributed by atoms with E-state index in [-0.39, 0.29) is 29.9 Å². The fourth-order valence-corrected chi connectivity index (χ4v) is 4.72. The molecule has 0 bridgehead atoms. The van der Waals surface area contributed by atoms with E-state index in [0.717, 1.165) is 31.5 Å². The maximum absolute atomic E-state index is 12.4. The molecule has 0 aliphatic carbocycles. The monoisotopic (exact) mass is 376 g/mol. The van der Waals surface area contributed by atoms with Crippen molar-refractivity contribution in [1.29, 1.82) is 0 Å². The fourth-order valence-electron chi connectivity index (χ4n) is 3.32. The summed E-state index contributed by atoms with van der Waals surface area (Å²) in [5, 5.41) is 3.99. The number of nitrogens with one attached hydrogen (secondary N) is 1. The van der Waals surface area contributed by atoms with Crippen molar-refractivity contribution in [3.63, 3.8) is 0 Å². The molecule has 0 saturated carbocycles. The van der Waals surface area contributed by atoms with E-state index in [1.807, 2.05) is 17.0 Å². The maximum Gasteiger partial charge on any atom is 0.253 e. The Bertz CT molecular complexity index is 793. The lowest BCUT2D eigenvalue weighted by Gasteiger charge is -2.26. The number of rotatable bonds is 5. The van der Waals surface area contributed by atoms with Crippen LogP contribution in [0.5, 0.6) is 0 Å². The zero-order chi connectivity index (χ0) is 18.6. The minimum atomic E-state index is -3.13. The summed E-state index contributed by atoms with van der Waals surface area (Å²) in [7, 11) is -3.13. The van der Waals surface area contributed by atoms with Crippen molar-refractivity contribution >= 4 is 21.7 Å². The van der Waals surface area contributed by atoms with Crippen molar-refractivity contribution in [2.24, 2.45) is 5.92 Å². The lowest BCUT2D eigenvalue weighted by atomic mass is 10.1. The standard InChI is InChI=1S/C19H24N2O4S/c22-18(12-16-8-11-26(24,25)14-16)20-13-15-4-6-17(7-5-15)19(23)21-9-2-1-3-10-21/h4-8,11,16H,1-3,9-10,12-14H2,(H,20,22)/t16-/m1/s1. The maximum atomic E-state index is 12.4. The second kappa shape index (κ2) is 8.03. The van der Waals surface area contributed by atoms with E-state index in [1.54, 1.807) is 18.2 Å². The van der Waals surface area contributed by atoms with Crippen LogP contribution in [-0.2, 0) is 21.2 Å². The Balaban J connectivity index is 1.47. The van der Waals surface area contributed by atoms with Gasteiger partial charge >= 0.3 is 0 Å². The number of nitrogens with zero attached hydrogens (tertiary/aromatic N) is 1. The average Bonchev–Trinajstić information content (AvgIpc) is 2.99. The Morgan fingerprint density at radius 1 is 1.08 bits per heavy atom. The van der Waals surface area contributed by atoms with Gasteiger partial charge in [0, 0.05) is 42.9 Å². The fraction of sp³-hybridized carbons (Fsp3) is 0.474. The van der Waals surface area contributed by atoms with E-state index < -0.39 is 9.84 Å². The first kappa shape index (κ1) is 18.6. The summed E-state index contributed by atoms with van der Waals surface area (Å²) in [6, 6.07) is 7.28. The summed E-state index contributed by atoms with van der Waals surface area (Å²) in [6.45, 7) is 2.00. The third-order valence-corrected chi connectivity index (χ3v) is 6.25. The van der Waals surface area contributed by atoms with Gasteiger partial charge in [0.25, 0.3) is 5.91 Å². The highest BCUT2D eigenvalue weighted by Gasteiger charge is 2.23. The summed E-state index contributed by atoms with van der Waals surface area (Å²) in [4.78, 5) is 26.3. The summed E-state index contributed by atoms with van der Waals surface area (Å²) < 4.78 is 22.7. The number of hydrogen-bond donors (Lipinski definition) is 1. The molecule has 1 fully saturated rings. The highest BCUT2D eigenvalue weighted by molar-refractivity contribution is 7.94. The third kappa shape index (κ3) is 4.94. The van der Waals surface area contributed by atoms with E-state index >= 15 is 0 Å². The van der Waals surface area contributed by atoms with Gasteiger partial charge in [-0.2, -0.15) is 0 Å². The van der Waals surface area contributed by atoms with Gasteiger partial charge < -0.3 is 10.2 Å². The molecule has 140 valence electrons. The molecule has 2 aliphatic rings. The topological polar surface area (TPSA) is 83.5 Å². The summed E-state index contributed by atoms with van der Waals surface area (Å²) in [5.74, 6) is -0.349. The highest BCUT2D eigenvalue weighted by atomic mass is 32.2. The Labute approximate surface area is 154 Å². The zero-order valence-electron chi connectivity index (χ0n) is 14.7. The molecule has 0 spiro atoms. The summed E-state index contributed by atoms with van der Waals surface area (Å²) >= 11 is 0. The van der Waals surface area contributed by atoms with Crippen molar-refractivity contribution in [1.82, 2.24) is 10.2 Å². The smallest absolute Gasteiger partial charge is 0.253 e. The Kier molecular flexibility index (Phi) is 5.76. The van der Waals surface area contributed by atoms with Crippen LogP contribution in [0.1, 0.15) is 41.6 Å². The van der Waals surface area contributed by atoms with Gasteiger partial charge in [-0.15, -0.1) is 0 Å². The summed E-state index contributed by atoms with van der Waals surface area (Å²) in [6.07, 6.45) is 5.06. The van der Waals surface area contributed by atoms with Crippen molar-refractivity contribution in [3.05, 3.63) is 46.9 Å². The molecule has 0 aromatic heterocycles. The molecule has 0 radical (unpaired) electrons. The van der Waals surface area contributed by atoms with E-state index in [0.29, 0.717) is 12.1 Å². The molecule has 1 aromatic carbocycles. The molecular formula is C19H24N2O4S. The first-order valence-electron chi connectivity index (χ1n) is 8.99. The van der Waals surface area contributed by atoms with E-state index in [2.05, 4.69) is 5.32 Å². The van der Waals surface area contributed by atoms with E-state index in [4.69, 9.17) is 0 Å². The number of benzene rings is 1. The third-order valence-electron chi connectivity index (χ3n) is 4.79. The lowest BCUT2D eigenvalue weighted by molar-refractivity contribution is -0.121. The molecule has 26 heavy (non-hydrogen) atoms. The van der Waals surface area contributed by atoms with Crippen LogP contribution in [0.15, 0.2) is 35.7 Å². The molecule has 1 N–H and O–H groups in total. The number of allylic oxidation sites excluding steroid dienone is 1. The van der Waals surface area contributed by atoms with Crippen molar-refractivity contribution < 1.29 is 18.0 Å². The lowest BCUT2D eigenvalue weighted by Crippen LogP contribution is -2.35. The Morgan fingerprint density at radius 2 is 1.77 bits per heavy atom. The second-order valence-corrected chi connectivity index (χ2v) is 8.88. The van der Waals surface area contributed by atoms with Gasteiger partial charge in [-0.25, -0.2) is 8.42 Å².